The van der Waals surface area contributed by atoms with E-state index in [4.69, 9.17) is 5.73 Å². The van der Waals surface area contributed by atoms with Crippen molar-refractivity contribution in [2.24, 2.45) is 0 Å². The number of hydrogen-bond donors (Lipinski definition) is 2. The van der Waals surface area contributed by atoms with Crippen LogP contribution in [0, 0.1) is 6.92 Å². The van der Waals surface area contributed by atoms with E-state index in [0.29, 0.717) is 5.95 Å². The SMILES string of the molecule is Cc1[nH]c(N)nc1-c1cc2c(Br)cccc2s1. The van der Waals surface area contributed by atoms with Gasteiger partial charge in [-0.05, 0) is 25.1 Å². The topological polar surface area (TPSA) is 54.7 Å². The third-order valence-electron chi connectivity index (χ3n) is 2.64. The van der Waals surface area contributed by atoms with E-state index in [1.807, 2.05) is 19.1 Å². The van der Waals surface area contributed by atoms with Gasteiger partial charge in [-0.2, -0.15) is 0 Å². The number of nitrogens with zero attached hydrogens (tertiary/aromatic N) is 1. The molecule has 0 aliphatic heterocycles. The van der Waals surface area contributed by atoms with Crippen LogP contribution in [0.1, 0.15) is 5.69 Å². The summed E-state index contributed by atoms with van der Waals surface area (Å²) in [7, 11) is 0. The molecule has 0 amide bonds. The van der Waals surface area contributed by atoms with Crippen molar-refractivity contribution in [2.45, 2.75) is 6.92 Å². The molecule has 1 aromatic carbocycles. The minimum atomic E-state index is 0.467. The van der Waals surface area contributed by atoms with Gasteiger partial charge in [-0.1, -0.05) is 22.0 Å². The zero-order valence-electron chi connectivity index (χ0n) is 9.12. The molecule has 0 saturated carbocycles. The number of fused-ring (bicyclic) bond motifs is 1. The van der Waals surface area contributed by atoms with Crippen molar-refractivity contribution in [3.8, 4) is 10.6 Å². The van der Waals surface area contributed by atoms with Crippen LogP contribution in [-0.4, -0.2) is 9.97 Å². The Morgan fingerprint density at radius 1 is 1.41 bits per heavy atom. The van der Waals surface area contributed by atoms with E-state index in [1.165, 1.54) is 10.1 Å². The van der Waals surface area contributed by atoms with Crippen LogP contribution in [0.3, 0.4) is 0 Å². The Morgan fingerprint density at radius 3 is 2.88 bits per heavy atom. The van der Waals surface area contributed by atoms with Crippen LogP contribution in [0.5, 0.6) is 0 Å². The largest absolute Gasteiger partial charge is 0.369 e. The number of H-pyrrole nitrogens is 1. The molecule has 0 aliphatic carbocycles. The second-order valence-corrected chi connectivity index (χ2v) is 5.80. The molecule has 0 fully saturated rings. The summed E-state index contributed by atoms with van der Waals surface area (Å²) in [6, 6.07) is 8.34. The number of nitrogen functional groups attached to an aromatic ring is 1. The summed E-state index contributed by atoms with van der Waals surface area (Å²) < 4.78 is 2.36. The third-order valence-corrected chi connectivity index (χ3v) is 4.44. The minimum absolute atomic E-state index is 0.467. The molecule has 2 aromatic heterocycles. The standard InChI is InChI=1S/C12H10BrN3S/c1-6-11(16-12(14)15-6)10-5-7-8(13)3-2-4-9(7)17-10/h2-5H,1H3,(H3,14,15,16). The molecule has 0 spiro atoms. The van der Waals surface area contributed by atoms with E-state index in [0.717, 1.165) is 20.7 Å². The molecule has 0 saturated heterocycles. The van der Waals surface area contributed by atoms with Crippen LogP contribution in [0.4, 0.5) is 5.95 Å². The van der Waals surface area contributed by atoms with Crippen molar-refractivity contribution >= 4 is 43.3 Å². The van der Waals surface area contributed by atoms with Gasteiger partial charge < -0.3 is 10.7 Å². The summed E-state index contributed by atoms with van der Waals surface area (Å²) in [5, 5.41) is 1.22. The molecular weight excluding hydrogens is 298 g/mol. The lowest BCUT2D eigenvalue weighted by Crippen LogP contribution is -1.85. The number of aryl methyl sites for hydroxylation is 1. The maximum absolute atomic E-state index is 5.67. The highest BCUT2D eigenvalue weighted by Crippen LogP contribution is 2.37. The van der Waals surface area contributed by atoms with Crippen molar-refractivity contribution in [1.82, 2.24) is 9.97 Å². The Kier molecular flexibility index (Phi) is 2.45. The molecule has 0 atom stereocenters. The minimum Gasteiger partial charge on any atom is -0.369 e. The van der Waals surface area contributed by atoms with Gasteiger partial charge in [0.05, 0.1) is 4.88 Å². The number of rotatable bonds is 1. The fraction of sp³-hybridized carbons (Fsp3) is 0.0833. The molecule has 0 radical (unpaired) electrons. The molecule has 3 aromatic rings. The van der Waals surface area contributed by atoms with Crippen LogP contribution in [0.2, 0.25) is 0 Å². The summed E-state index contributed by atoms with van der Waals surface area (Å²) in [6.07, 6.45) is 0. The molecule has 5 heteroatoms. The van der Waals surface area contributed by atoms with E-state index in [1.54, 1.807) is 11.3 Å². The van der Waals surface area contributed by atoms with Crippen molar-refractivity contribution < 1.29 is 0 Å². The molecule has 0 bridgehead atoms. The van der Waals surface area contributed by atoms with Gasteiger partial charge in [-0.15, -0.1) is 11.3 Å². The summed E-state index contributed by atoms with van der Waals surface area (Å²) in [6.45, 7) is 1.98. The van der Waals surface area contributed by atoms with E-state index in [-0.39, 0.29) is 0 Å². The molecule has 3 nitrogen and oxygen atoms in total. The second-order valence-electron chi connectivity index (χ2n) is 3.86. The first-order valence-corrected chi connectivity index (χ1v) is 6.76. The van der Waals surface area contributed by atoms with Gasteiger partial charge in [-0.25, -0.2) is 4.98 Å². The van der Waals surface area contributed by atoms with Gasteiger partial charge >= 0.3 is 0 Å². The lowest BCUT2D eigenvalue weighted by Gasteiger charge is -1.90. The first kappa shape index (κ1) is 10.8. The molecule has 0 aliphatic rings. The summed E-state index contributed by atoms with van der Waals surface area (Å²) >= 11 is 5.28. The van der Waals surface area contributed by atoms with E-state index in [2.05, 4.69) is 38.0 Å². The lowest BCUT2D eigenvalue weighted by molar-refractivity contribution is 1.26. The van der Waals surface area contributed by atoms with E-state index >= 15 is 0 Å². The highest BCUT2D eigenvalue weighted by molar-refractivity contribution is 9.10. The Balaban J connectivity index is 2.25. The fourth-order valence-electron chi connectivity index (χ4n) is 1.87. The number of anilines is 1. The van der Waals surface area contributed by atoms with Crippen LogP contribution in [0.15, 0.2) is 28.7 Å². The average Bonchev–Trinajstić information content (AvgIpc) is 2.82. The Labute approximate surface area is 111 Å². The number of aromatic amines is 1. The molecule has 0 unspecified atom stereocenters. The zero-order valence-corrected chi connectivity index (χ0v) is 11.5. The van der Waals surface area contributed by atoms with Crippen LogP contribution >= 0.6 is 27.3 Å². The Morgan fingerprint density at radius 2 is 2.24 bits per heavy atom. The first-order valence-electron chi connectivity index (χ1n) is 5.15. The predicted octanol–water partition coefficient (Wildman–Crippen LogP) is 3.94. The van der Waals surface area contributed by atoms with Crippen molar-refractivity contribution in [2.75, 3.05) is 5.73 Å². The maximum atomic E-state index is 5.67. The fourth-order valence-corrected chi connectivity index (χ4v) is 3.61. The van der Waals surface area contributed by atoms with Gasteiger partial charge in [0, 0.05) is 20.3 Å². The number of nitrogens with two attached hydrogens (primary N) is 1. The smallest absolute Gasteiger partial charge is 0.198 e. The lowest BCUT2D eigenvalue weighted by atomic mass is 10.2. The molecule has 2 heterocycles. The number of aromatic nitrogens is 2. The number of thiophene rings is 1. The second kappa shape index (κ2) is 3.85. The average molecular weight is 308 g/mol. The third kappa shape index (κ3) is 1.75. The van der Waals surface area contributed by atoms with Gasteiger partial charge in [-0.3, -0.25) is 0 Å². The first-order chi connectivity index (χ1) is 8.15. The van der Waals surface area contributed by atoms with Gasteiger partial charge in [0.2, 0.25) is 0 Å². The highest BCUT2D eigenvalue weighted by Gasteiger charge is 2.11. The quantitative estimate of drug-likeness (QED) is 0.715. The summed E-state index contributed by atoms with van der Waals surface area (Å²) in [5.74, 6) is 0.467. The molecule has 3 N–H and O–H groups in total. The van der Waals surface area contributed by atoms with Crippen molar-refractivity contribution in [1.29, 1.82) is 0 Å². The van der Waals surface area contributed by atoms with E-state index < -0.39 is 0 Å². The summed E-state index contributed by atoms with van der Waals surface area (Å²) in [5.41, 5.74) is 7.61. The van der Waals surface area contributed by atoms with Gasteiger partial charge in [0.15, 0.2) is 5.95 Å². The van der Waals surface area contributed by atoms with Crippen molar-refractivity contribution in [3.63, 3.8) is 0 Å². The molecule has 86 valence electrons. The van der Waals surface area contributed by atoms with Gasteiger partial charge in [0.25, 0.3) is 0 Å². The van der Waals surface area contributed by atoms with Crippen molar-refractivity contribution in [3.05, 3.63) is 34.4 Å². The zero-order chi connectivity index (χ0) is 12.0. The maximum Gasteiger partial charge on any atom is 0.198 e. The molecule has 17 heavy (non-hydrogen) atoms. The van der Waals surface area contributed by atoms with E-state index in [9.17, 15) is 0 Å². The number of hydrogen-bond acceptors (Lipinski definition) is 3. The number of halogens is 1. The molecule has 3 rings (SSSR count). The summed E-state index contributed by atoms with van der Waals surface area (Å²) in [4.78, 5) is 8.49. The van der Waals surface area contributed by atoms with Gasteiger partial charge in [0.1, 0.15) is 5.69 Å². The number of benzene rings is 1. The monoisotopic (exact) mass is 307 g/mol. The highest BCUT2D eigenvalue weighted by atomic mass is 79.9. The van der Waals surface area contributed by atoms with Crippen LogP contribution in [0.25, 0.3) is 20.7 Å². The normalized spacial score (nSPS) is 11.2. The Hall–Kier alpha value is -1.33. The predicted molar refractivity (Wildman–Crippen MR) is 76.3 cm³/mol. The number of nitrogens with one attached hydrogen (secondary N) is 1. The number of imidazole rings is 1. The van der Waals surface area contributed by atoms with Crippen LogP contribution in [-0.2, 0) is 0 Å². The Bertz CT molecular complexity index is 699. The van der Waals surface area contributed by atoms with Crippen LogP contribution < -0.4 is 5.73 Å². The molecular formula is C12H10BrN3S.